The van der Waals surface area contributed by atoms with E-state index in [2.05, 4.69) is 55.2 Å². The maximum atomic E-state index is 4.48. The summed E-state index contributed by atoms with van der Waals surface area (Å²) in [6.07, 6.45) is 11.0. The van der Waals surface area contributed by atoms with Gasteiger partial charge in [-0.25, -0.2) is 9.50 Å². The average molecular weight is 385 g/mol. The third-order valence-corrected chi connectivity index (χ3v) is 5.33. The Kier molecular flexibility index (Phi) is 4.63. The zero-order valence-electron chi connectivity index (χ0n) is 13.7. The molecule has 0 radical (unpaired) electrons. The van der Waals surface area contributed by atoms with Gasteiger partial charge in [-0.15, -0.1) is 0 Å². The molecule has 0 N–H and O–H groups in total. The molecule has 124 valence electrons. The van der Waals surface area contributed by atoms with Crippen LogP contribution in [0, 0.1) is 0 Å². The first-order chi connectivity index (χ1) is 11.8. The monoisotopic (exact) mass is 384 g/mol. The summed E-state index contributed by atoms with van der Waals surface area (Å²) >= 11 is 3.46. The van der Waals surface area contributed by atoms with Gasteiger partial charge in [0, 0.05) is 24.5 Å². The molecule has 5 heteroatoms. The summed E-state index contributed by atoms with van der Waals surface area (Å²) in [5.41, 5.74) is 4.51. The maximum Gasteiger partial charge on any atom is 0.169 e. The Hall–Kier alpha value is -1.72. The van der Waals surface area contributed by atoms with Gasteiger partial charge in [0.05, 0.1) is 10.7 Å². The third-order valence-electron chi connectivity index (χ3n) is 4.77. The number of piperidine rings is 1. The molecular weight excluding hydrogens is 364 g/mol. The number of nitrogens with zero attached hydrogens (tertiary/aromatic N) is 4. The molecule has 4 rings (SSSR count). The molecule has 1 aliphatic rings. The maximum absolute atomic E-state index is 4.48. The Balaban J connectivity index is 1.45. The molecule has 2 aromatic heterocycles. The van der Waals surface area contributed by atoms with Gasteiger partial charge < -0.3 is 4.90 Å². The average Bonchev–Trinajstić information content (AvgIpc) is 3.02. The van der Waals surface area contributed by atoms with Gasteiger partial charge in [-0.2, -0.15) is 5.10 Å². The Morgan fingerprint density at radius 1 is 0.958 bits per heavy atom. The summed E-state index contributed by atoms with van der Waals surface area (Å²) in [4.78, 5) is 7.07. The standard InChI is InChI=1S/C19H21BrN4/c20-18-13-22-24-14-17(12-21-19(18)24)16-6-4-15(5-7-16)8-11-23-9-2-1-3-10-23/h4-7,12-14H,1-3,8-11H2. The highest BCUT2D eigenvalue weighted by atomic mass is 79.9. The minimum atomic E-state index is 0.844. The van der Waals surface area contributed by atoms with Crippen LogP contribution in [0.5, 0.6) is 0 Å². The molecule has 24 heavy (non-hydrogen) atoms. The predicted molar refractivity (Wildman–Crippen MR) is 100 cm³/mol. The minimum Gasteiger partial charge on any atom is -0.303 e. The lowest BCUT2D eigenvalue weighted by Gasteiger charge is -2.26. The molecule has 3 aromatic rings. The fourth-order valence-corrected chi connectivity index (χ4v) is 3.70. The third kappa shape index (κ3) is 3.37. The second-order valence-electron chi connectivity index (χ2n) is 6.45. The van der Waals surface area contributed by atoms with Crippen molar-refractivity contribution in [2.75, 3.05) is 19.6 Å². The topological polar surface area (TPSA) is 33.4 Å². The van der Waals surface area contributed by atoms with E-state index in [1.54, 1.807) is 6.20 Å². The van der Waals surface area contributed by atoms with Crippen molar-refractivity contribution >= 4 is 21.6 Å². The lowest BCUT2D eigenvalue weighted by molar-refractivity contribution is 0.231. The van der Waals surface area contributed by atoms with Crippen molar-refractivity contribution in [3.63, 3.8) is 0 Å². The highest BCUT2D eigenvalue weighted by molar-refractivity contribution is 9.10. The molecule has 0 amide bonds. The van der Waals surface area contributed by atoms with E-state index >= 15 is 0 Å². The fraction of sp³-hybridized carbons (Fsp3) is 0.368. The van der Waals surface area contributed by atoms with E-state index < -0.39 is 0 Å². The number of rotatable bonds is 4. The highest BCUT2D eigenvalue weighted by Crippen LogP contribution is 2.22. The number of aromatic nitrogens is 3. The van der Waals surface area contributed by atoms with Gasteiger partial charge in [0.2, 0.25) is 0 Å². The minimum absolute atomic E-state index is 0.844. The predicted octanol–water partition coefficient (Wildman–Crippen LogP) is 4.19. The first kappa shape index (κ1) is 15.8. The lowest BCUT2D eigenvalue weighted by Crippen LogP contribution is -2.31. The van der Waals surface area contributed by atoms with Crippen molar-refractivity contribution in [2.45, 2.75) is 25.7 Å². The van der Waals surface area contributed by atoms with E-state index in [0.29, 0.717) is 0 Å². The normalized spacial score (nSPS) is 15.9. The summed E-state index contributed by atoms with van der Waals surface area (Å²) in [5.74, 6) is 0. The van der Waals surface area contributed by atoms with E-state index in [1.165, 1.54) is 50.0 Å². The molecule has 0 saturated carbocycles. The Morgan fingerprint density at radius 2 is 1.75 bits per heavy atom. The quantitative estimate of drug-likeness (QED) is 0.676. The Labute approximate surface area is 150 Å². The van der Waals surface area contributed by atoms with Gasteiger partial charge in [-0.1, -0.05) is 30.7 Å². The number of hydrogen-bond donors (Lipinski definition) is 0. The number of hydrogen-bond acceptors (Lipinski definition) is 3. The first-order valence-corrected chi connectivity index (χ1v) is 9.39. The largest absolute Gasteiger partial charge is 0.303 e. The number of benzene rings is 1. The van der Waals surface area contributed by atoms with Crippen molar-refractivity contribution < 1.29 is 0 Å². The molecule has 1 saturated heterocycles. The van der Waals surface area contributed by atoms with Crippen molar-refractivity contribution in [3.05, 3.63) is 52.9 Å². The molecule has 0 bridgehead atoms. The van der Waals surface area contributed by atoms with Crippen LogP contribution in [-0.2, 0) is 6.42 Å². The van der Waals surface area contributed by atoms with Gasteiger partial charge >= 0.3 is 0 Å². The first-order valence-electron chi connectivity index (χ1n) is 8.60. The van der Waals surface area contributed by atoms with Crippen LogP contribution in [0.3, 0.4) is 0 Å². The van der Waals surface area contributed by atoms with Crippen molar-refractivity contribution in [2.24, 2.45) is 0 Å². The van der Waals surface area contributed by atoms with E-state index in [1.807, 2.05) is 16.9 Å². The van der Waals surface area contributed by atoms with Crippen LogP contribution in [0.15, 0.2) is 47.3 Å². The van der Waals surface area contributed by atoms with E-state index in [-0.39, 0.29) is 0 Å². The Bertz CT molecular complexity index is 819. The van der Waals surface area contributed by atoms with Crippen molar-refractivity contribution in [1.82, 2.24) is 19.5 Å². The zero-order valence-corrected chi connectivity index (χ0v) is 15.2. The van der Waals surface area contributed by atoms with Gasteiger partial charge in [0.15, 0.2) is 5.65 Å². The van der Waals surface area contributed by atoms with E-state index in [0.717, 1.165) is 22.1 Å². The molecule has 1 aliphatic heterocycles. The SMILES string of the molecule is Brc1cnn2cc(-c3ccc(CCN4CCCCC4)cc3)cnc12. The molecule has 4 nitrogen and oxygen atoms in total. The number of fused-ring (bicyclic) bond motifs is 1. The molecule has 1 aromatic carbocycles. The summed E-state index contributed by atoms with van der Waals surface area (Å²) in [6.45, 7) is 3.71. The van der Waals surface area contributed by atoms with Crippen LogP contribution >= 0.6 is 15.9 Å². The van der Waals surface area contributed by atoms with E-state index in [9.17, 15) is 0 Å². The van der Waals surface area contributed by atoms with Crippen LogP contribution in [0.1, 0.15) is 24.8 Å². The summed E-state index contributed by atoms with van der Waals surface area (Å²) in [7, 11) is 0. The summed E-state index contributed by atoms with van der Waals surface area (Å²) in [6, 6.07) is 8.85. The van der Waals surface area contributed by atoms with E-state index in [4.69, 9.17) is 0 Å². The van der Waals surface area contributed by atoms with Crippen LogP contribution in [0.2, 0.25) is 0 Å². The molecule has 0 aliphatic carbocycles. The van der Waals surface area contributed by atoms with Crippen LogP contribution < -0.4 is 0 Å². The molecule has 0 spiro atoms. The van der Waals surface area contributed by atoms with Crippen LogP contribution in [0.4, 0.5) is 0 Å². The number of halogens is 1. The zero-order chi connectivity index (χ0) is 16.4. The smallest absolute Gasteiger partial charge is 0.169 e. The molecule has 1 fully saturated rings. The molecule has 0 atom stereocenters. The molecule has 0 unspecified atom stereocenters. The molecule has 3 heterocycles. The highest BCUT2D eigenvalue weighted by Gasteiger charge is 2.10. The van der Waals surface area contributed by atoms with Crippen molar-refractivity contribution in [1.29, 1.82) is 0 Å². The van der Waals surface area contributed by atoms with Gasteiger partial charge in [0.25, 0.3) is 0 Å². The van der Waals surface area contributed by atoms with Crippen LogP contribution in [0.25, 0.3) is 16.8 Å². The van der Waals surface area contributed by atoms with Crippen LogP contribution in [-0.4, -0.2) is 39.1 Å². The second kappa shape index (κ2) is 7.03. The van der Waals surface area contributed by atoms with Gasteiger partial charge in [0.1, 0.15) is 0 Å². The lowest BCUT2D eigenvalue weighted by atomic mass is 10.0. The second-order valence-corrected chi connectivity index (χ2v) is 7.31. The van der Waals surface area contributed by atoms with Crippen molar-refractivity contribution in [3.8, 4) is 11.1 Å². The summed E-state index contributed by atoms with van der Waals surface area (Å²) < 4.78 is 2.73. The number of likely N-dealkylation sites (tertiary alicyclic amines) is 1. The fourth-order valence-electron chi connectivity index (χ4n) is 3.33. The molecular formula is C19H21BrN4. The Morgan fingerprint density at radius 3 is 2.54 bits per heavy atom. The van der Waals surface area contributed by atoms with Gasteiger partial charge in [-0.05, 0) is 59.4 Å². The van der Waals surface area contributed by atoms with Gasteiger partial charge in [-0.3, -0.25) is 0 Å². The summed E-state index contributed by atoms with van der Waals surface area (Å²) in [5, 5.41) is 4.30.